The molecular weight excluding hydrogens is 239 g/mol. The molecule has 3 atom stereocenters. The van der Waals surface area contributed by atoms with Crippen LogP contribution in [0.3, 0.4) is 0 Å². The van der Waals surface area contributed by atoms with Crippen LogP contribution in [0.1, 0.15) is 25.7 Å². The number of rotatable bonds is 6. The van der Waals surface area contributed by atoms with E-state index in [4.69, 9.17) is 0 Å². The van der Waals surface area contributed by atoms with E-state index >= 15 is 0 Å². The molecule has 0 spiro atoms. The number of carbonyl (C=O) groups is 1. The number of nitrogens with zero attached hydrogens (tertiary/aromatic N) is 1. The zero-order valence-electron chi connectivity index (χ0n) is 12.1. The first-order valence-electron chi connectivity index (χ1n) is 7.86. The monoisotopic (exact) mass is 266 g/mol. The quantitative estimate of drug-likeness (QED) is 0.685. The Morgan fingerprint density at radius 1 is 1.42 bits per heavy atom. The first-order chi connectivity index (χ1) is 9.20. The lowest BCUT2D eigenvalue weighted by atomic mass is 9.88. The number of carboxylic acid groups (broad SMARTS) is 1. The first-order valence-corrected chi connectivity index (χ1v) is 7.86. The van der Waals surface area contributed by atoms with Crippen LogP contribution in [0.15, 0.2) is 0 Å². The number of nitrogens with one attached hydrogen (secondary N) is 1. The molecule has 0 amide bonds. The van der Waals surface area contributed by atoms with E-state index in [1.54, 1.807) is 0 Å². The molecule has 2 rings (SSSR count). The van der Waals surface area contributed by atoms with Crippen molar-refractivity contribution >= 4 is 13.8 Å². The predicted octanol–water partition coefficient (Wildman–Crippen LogP) is 0.450. The summed E-state index contributed by atoms with van der Waals surface area (Å²) in [5.41, 5.74) is 0. The lowest BCUT2D eigenvalue weighted by molar-refractivity contribution is -0.142. The molecule has 2 saturated heterocycles. The number of hydrogen-bond acceptors (Lipinski definition) is 3. The number of aliphatic carboxylic acids is 1. The third-order valence-corrected chi connectivity index (χ3v) is 4.68. The number of hydrogen-bond donors (Lipinski definition) is 2. The van der Waals surface area contributed by atoms with E-state index in [1.165, 1.54) is 12.8 Å². The Hall–Kier alpha value is -0.545. The summed E-state index contributed by atoms with van der Waals surface area (Å²) in [4.78, 5) is 13.8. The van der Waals surface area contributed by atoms with Gasteiger partial charge < -0.3 is 15.3 Å². The average Bonchev–Trinajstić information content (AvgIpc) is 2.80. The van der Waals surface area contributed by atoms with Crippen molar-refractivity contribution in [1.29, 1.82) is 0 Å². The van der Waals surface area contributed by atoms with E-state index < -0.39 is 5.97 Å². The fourth-order valence-electron chi connectivity index (χ4n) is 3.59. The number of likely N-dealkylation sites (tertiary alicyclic amines) is 1. The van der Waals surface area contributed by atoms with Crippen LogP contribution in [0.2, 0.25) is 6.32 Å². The van der Waals surface area contributed by atoms with Crippen LogP contribution in [0.5, 0.6) is 0 Å². The van der Waals surface area contributed by atoms with Crippen molar-refractivity contribution in [3.63, 3.8) is 0 Å². The Balaban J connectivity index is 1.83. The summed E-state index contributed by atoms with van der Waals surface area (Å²) in [6.07, 6.45) is 5.95. The van der Waals surface area contributed by atoms with Crippen molar-refractivity contribution in [2.75, 3.05) is 32.7 Å². The molecular formula is C14H27BN2O2. The molecule has 2 heterocycles. The maximum atomic E-state index is 11.4. The molecule has 2 aliphatic rings. The summed E-state index contributed by atoms with van der Waals surface area (Å²) in [7, 11) is 2.18. The lowest BCUT2D eigenvalue weighted by Crippen LogP contribution is -2.37. The Labute approximate surface area is 117 Å². The second kappa shape index (κ2) is 7.29. The molecule has 5 heteroatoms. The predicted molar refractivity (Wildman–Crippen MR) is 79.2 cm³/mol. The summed E-state index contributed by atoms with van der Waals surface area (Å²) in [5.74, 6) is 0.357. The first kappa shape index (κ1) is 14.9. The molecule has 19 heavy (non-hydrogen) atoms. The molecule has 0 radical (unpaired) electrons. The second-order valence-electron chi connectivity index (χ2n) is 6.28. The molecule has 4 nitrogen and oxygen atoms in total. The zero-order chi connectivity index (χ0) is 13.7. The van der Waals surface area contributed by atoms with Gasteiger partial charge in [-0.3, -0.25) is 4.79 Å². The highest BCUT2D eigenvalue weighted by molar-refractivity contribution is 6.08. The molecule has 0 aromatic rings. The maximum absolute atomic E-state index is 11.4. The SMILES string of the molecule is BCCC[C@H]1CN(CC2CCCNC2)C[C@H]1C(=O)O. The van der Waals surface area contributed by atoms with Gasteiger partial charge >= 0.3 is 5.97 Å². The highest BCUT2D eigenvalue weighted by Gasteiger charge is 2.37. The smallest absolute Gasteiger partial charge is 0.308 e. The summed E-state index contributed by atoms with van der Waals surface area (Å²) >= 11 is 0. The van der Waals surface area contributed by atoms with Crippen LogP contribution in [-0.4, -0.2) is 56.5 Å². The molecule has 2 N–H and O–H groups in total. The Morgan fingerprint density at radius 3 is 2.89 bits per heavy atom. The van der Waals surface area contributed by atoms with E-state index in [1.807, 2.05) is 0 Å². The van der Waals surface area contributed by atoms with E-state index in [9.17, 15) is 9.90 Å². The minimum Gasteiger partial charge on any atom is -0.481 e. The van der Waals surface area contributed by atoms with E-state index in [-0.39, 0.29) is 5.92 Å². The molecule has 0 saturated carbocycles. The molecule has 0 aliphatic carbocycles. The summed E-state index contributed by atoms with van der Waals surface area (Å²) in [6.45, 7) is 5.09. The van der Waals surface area contributed by atoms with Gasteiger partial charge in [0.15, 0.2) is 0 Å². The molecule has 0 bridgehead atoms. The van der Waals surface area contributed by atoms with E-state index in [0.717, 1.165) is 51.9 Å². The van der Waals surface area contributed by atoms with Gasteiger partial charge in [0.05, 0.1) is 5.92 Å². The molecule has 0 aromatic heterocycles. The highest BCUT2D eigenvalue weighted by Crippen LogP contribution is 2.29. The van der Waals surface area contributed by atoms with Gasteiger partial charge in [0.2, 0.25) is 0 Å². The topological polar surface area (TPSA) is 52.6 Å². The maximum Gasteiger partial charge on any atom is 0.308 e. The van der Waals surface area contributed by atoms with Gasteiger partial charge in [-0.25, -0.2) is 0 Å². The molecule has 1 unspecified atom stereocenters. The summed E-state index contributed by atoms with van der Waals surface area (Å²) in [6, 6.07) is 0. The lowest BCUT2D eigenvalue weighted by Gasteiger charge is -2.27. The highest BCUT2D eigenvalue weighted by atomic mass is 16.4. The van der Waals surface area contributed by atoms with Crippen LogP contribution in [0.4, 0.5) is 0 Å². The largest absolute Gasteiger partial charge is 0.481 e. The fourth-order valence-corrected chi connectivity index (χ4v) is 3.59. The van der Waals surface area contributed by atoms with Gasteiger partial charge in [-0.05, 0) is 44.2 Å². The van der Waals surface area contributed by atoms with Crippen LogP contribution in [-0.2, 0) is 4.79 Å². The normalized spacial score (nSPS) is 32.5. The van der Waals surface area contributed by atoms with Crippen molar-refractivity contribution in [3.05, 3.63) is 0 Å². The van der Waals surface area contributed by atoms with Crippen molar-refractivity contribution in [1.82, 2.24) is 10.2 Å². The van der Waals surface area contributed by atoms with Crippen LogP contribution >= 0.6 is 0 Å². The van der Waals surface area contributed by atoms with Gasteiger partial charge in [-0.2, -0.15) is 0 Å². The number of piperidine rings is 1. The third-order valence-electron chi connectivity index (χ3n) is 4.68. The Morgan fingerprint density at radius 2 is 2.26 bits per heavy atom. The van der Waals surface area contributed by atoms with Gasteiger partial charge in [-0.1, -0.05) is 12.7 Å². The Bertz CT molecular complexity index is 295. The molecule has 2 aliphatic heterocycles. The van der Waals surface area contributed by atoms with Crippen LogP contribution < -0.4 is 5.32 Å². The van der Waals surface area contributed by atoms with Crippen molar-refractivity contribution in [2.45, 2.75) is 32.0 Å². The van der Waals surface area contributed by atoms with Gasteiger partial charge in [0.1, 0.15) is 7.85 Å². The van der Waals surface area contributed by atoms with Gasteiger partial charge in [0, 0.05) is 19.6 Å². The summed E-state index contributed by atoms with van der Waals surface area (Å²) < 4.78 is 0. The zero-order valence-corrected chi connectivity index (χ0v) is 12.1. The Kier molecular flexibility index (Phi) is 5.70. The van der Waals surface area contributed by atoms with Gasteiger partial charge in [0.25, 0.3) is 0 Å². The fraction of sp³-hybridized carbons (Fsp3) is 0.929. The van der Waals surface area contributed by atoms with E-state index in [2.05, 4.69) is 18.1 Å². The summed E-state index contributed by atoms with van der Waals surface area (Å²) in [5, 5.41) is 12.8. The van der Waals surface area contributed by atoms with Crippen LogP contribution in [0.25, 0.3) is 0 Å². The van der Waals surface area contributed by atoms with Crippen LogP contribution in [0, 0.1) is 17.8 Å². The molecule has 108 valence electrons. The van der Waals surface area contributed by atoms with Crippen molar-refractivity contribution in [3.8, 4) is 0 Å². The number of carboxylic acids is 1. The minimum absolute atomic E-state index is 0.136. The van der Waals surface area contributed by atoms with Gasteiger partial charge in [-0.15, -0.1) is 0 Å². The standard InChI is InChI=1S/C14H27BN2O2/c15-5-1-4-12-9-17(10-13(12)14(18)19)8-11-3-2-6-16-7-11/h11-13,16H,1-10,15H2,(H,18,19)/t11?,12-,13+/m0/s1. The van der Waals surface area contributed by atoms with Crippen molar-refractivity contribution < 1.29 is 9.90 Å². The van der Waals surface area contributed by atoms with E-state index in [0.29, 0.717) is 11.8 Å². The third kappa shape index (κ3) is 4.21. The average molecular weight is 266 g/mol. The molecule has 0 aromatic carbocycles. The second-order valence-corrected chi connectivity index (χ2v) is 6.28. The minimum atomic E-state index is -0.592. The molecule has 2 fully saturated rings. The van der Waals surface area contributed by atoms with Crippen molar-refractivity contribution in [2.24, 2.45) is 17.8 Å².